The summed E-state index contributed by atoms with van der Waals surface area (Å²) in [5.74, 6) is 0.600. The highest BCUT2D eigenvalue weighted by Gasteiger charge is 2.56. The lowest BCUT2D eigenvalue weighted by atomic mass is 10.1. The molecule has 1 aromatic rings. The minimum Gasteiger partial charge on any atom is -0.307 e. The van der Waals surface area contributed by atoms with E-state index in [0.29, 0.717) is 6.54 Å². The molecule has 7 nitrogen and oxygen atoms in total. The number of hydrogen-bond acceptors (Lipinski definition) is 5. The van der Waals surface area contributed by atoms with Gasteiger partial charge in [0.2, 0.25) is 5.96 Å². The van der Waals surface area contributed by atoms with E-state index in [2.05, 4.69) is 30.9 Å². The molecular weight excluding hydrogens is 354 g/mol. The maximum Gasteiger partial charge on any atom is 0.328 e. The van der Waals surface area contributed by atoms with Crippen LogP contribution < -0.4 is 0 Å². The van der Waals surface area contributed by atoms with Crippen molar-refractivity contribution in [2.75, 3.05) is 13.6 Å². The van der Waals surface area contributed by atoms with Gasteiger partial charge >= 0.3 is 6.03 Å². The van der Waals surface area contributed by atoms with Gasteiger partial charge in [-0.2, -0.15) is 0 Å². The minimum absolute atomic E-state index is 0.0721. The summed E-state index contributed by atoms with van der Waals surface area (Å²) in [5, 5.41) is 0. The number of guanidine groups is 1. The van der Waals surface area contributed by atoms with Gasteiger partial charge < -0.3 is 9.80 Å². The van der Waals surface area contributed by atoms with Crippen LogP contribution in [0.1, 0.15) is 45.7 Å². The van der Waals surface area contributed by atoms with Crippen molar-refractivity contribution in [2.45, 2.75) is 52.4 Å². The molecule has 0 bridgehead atoms. The van der Waals surface area contributed by atoms with E-state index in [1.54, 1.807) is 11.9 Å². The fourth-order valence-corrected chi connectivity index (χ4v) is 4.41. The van der Waals surface area contributed by atoms with Gasteiger partial charge in [0.15, 0.2) is 12.2 Å². The molecule has 4 rings (SSSR count). The molecule has 3 aliphatic heterocycles. The highest BCUT2D eigenvalue weighted by molar-refractivity contribution is 6.05. The molecule has 3 heterocycles. The molecule has 7 heteroatoms. The Morgan fingerprint density at radius 3 is 2.43 bits per heavy atom. The largest absolute Gasteiger partial charge is 0.328 e. The molecule has 0 N–H and O–H groups in total. The number of amides is 3. The zero-order valence-corrected chi connectivity index (χ0v) is 17.1. The number of fused-ring (bicyclic) bond motifs is 3. The van der Waals surface area contributed by atoms with E-state index in [1.165, 1.54) is 10.5 Å². The molecule has 0 aliphatic carbocycles. The number of carbonyl (C=O) groups is 2. The van der Waals surface area contributed by atoms with E-state index in [4.69, 9.17) is 4.99 Å². The summed E-state index contributed by atoms with van der Waals surface area (Å²) in [6, 6.07) is 9.57. The van der Waals surface area contributed by atoms with Crippen molar-refractivity contribution in [3.8, 4) is 0 Å². The highest BCUT2D eigenvalue weighted by atomic mass is 16.2. The molecule has 28 heavy (non-hydrogen) atoms. The Morgan fingerprint density at radius 1 is 1.11 bits per heavy atom. The third-order valence-electron chi connectivity index (χ3n) is 6.05. The van der Waals surface area contributed by atoms with Gasteiger partial charge in [-0.25, -0.2) is 9.79 Å². The zero-order chi connectivity index (χ0) is 20.2. The van der Waals surface area contributed by atoms with Crippen molar-refractivity contribution in [2.24, 2.45) is 4.99 Å². The first kappa shape index (κ1) is 18.5. The lowest BCUT2D eigenvalue weighted by molar-refractivity contribution is -0.136. The number of nitrogens with zero attached hydrogens (tertiary/aromatic N) is 5. The summed E-state index contributed by atoms with van der Waals surface area (Å²) in [7, 11) is 1.73. The van der Waals surface area contributed by atoms with E-state index in [1.807, 2.05) is 36.9 Å². The first-order valence-electron chi connectivity index (χ1n) is 9.85. The van der Waals surface area contributed by atoms with Gasteiger partial charge in [-0.1, -0.05) is 37.3 Å². The van der Waals surface area contributed by atoms with Crippen LogP contribution in [0.4, 0.5) is 4.79 Å². The Morgan fingerprint density at radius 2 is 1.79 bits per heavy atom. The van der Waals surface area contributed by atoms with E-state index in [9.17, 15) is 9.59 Å². The topological polar surface area (TPSA) is 59.5 Å². The number of urea groups is 1. The van der Waals surface area contributed by atoms with Crippen LogP contribution in [0.2, 0.25) is 0 Å². The average Bonchev–Trinajstić information content (AvgIpc) is 3.19. The van der Waals surface area contributed by atoms with Crippen molar-refractivity contribution in [1.82, 2.24) is 19.6 Å². The normalized spacial score (nSPS) is 25.4. The van der Waals surface area contributed by atoms with Gasteiger partial charge in [-0.3, -0.25) is 14.6 Å². The summed E-state index contributed by atoms with van der Waals surface area (Å²) >= 11 is 0. The third-order valence-corrected chi connectivity index (χ3v) is 6.05. The summed E-state index contributed by atoms with van der Waals surface area (Å²) in [4.78, 5) is 37.9. The molecule has 1 aromatic carbocycles. The van der Waals surface area contributed by atoms with E-state index in [0.717, 1.165) is 23.8 Å². The summed E-state index contributed by atoms with van der Waals surface area (Å²) in [6.45, 7) is 8.63. The number of hydrogen-bond donors (Lipinski definition) is 0. The number of carbonyl (C=O) groups excluding carboxylic acids is 2. The molecule has 3 aliphatic rings. The lowest BCUT2D eigenvalue weighted by Crippen LogP contribution is -2.64. The van der Waals surface area contributed by atoms with Gasteiger partial charge in [0.25, 0.3) is 5.91 Å². The number of allylic oxidation sites excluding steroid dienone is 2. The third kappa shape index (κ3) is 2.45. The molecule has 0 radical (unpaired) electrons. The smallest absolute Gasteiger partial charge is 0.307 e. The van der Waals surface area contributed by atoms with Gasteiger partial charge in [0.1, 0.15) is 0 Å². The first-order chi connectivity index (χ1) is 13.4. The van der Waals surface area contributed by atoms with Gasteiger partial charge in [-0.05, 0) is 32.8 Å². The van der Waals surface area contributed by atoms with Crippen molar-refractivity contribution >= 4 is 17.9 Å². The van der Waals surface area contributed by atoms with Gasteiger partial charge in [0.05, 0.1) is 6.04 Å². The minimum atomic E-state index is -0.493. The van der Waals surface area contributed by atoms with E-state index in [-0.39, 0.29) is 18.0 Å². The molecule has 3 atom stereocenters. The van der Waals surface area contributed by atoms with Gasteiger partial charge in [-0.15, -0.1) is 0 Å². The predicted molar refractivity (Wildman–Crippen MR) is 107 cm³/mol. The van der Waals surface area contributed by atoms with Crippen LogP contribution in [-0.2, 0) is 4.79 Å². The number of benzene rings is 1. The predicted octanol–water partition coefficient (Wildman–Crippen LogP) is 2.98. The second-order valence-corrected chi connectivity index (χ2v) is 7.67. The summed E-state index contributed by atoms with van der Waals surface area (Å²) in [5.41, 5.74) is 3.28. The molecule has 1 saturated heterocycles. The molecule has 3 amide bonds. The second kappa shape index (κ2) is 6.65. The number of rotatable bonds is 4. The number of aliphatic imine (C=N–C) groups is 1. The Balaban J connectivity index is 1.74. The standard InChI is InChI=1S/C21H27N5O2/c1-6-12-24-19(27)17-18(23(5)21(24)28)22-20-25(13(2)14(3)26(17)20)15(4)16-10-8-7-9-11-16/h7-11,15,17-18H,6,12H2,1-5H3. The molecular formula is C21H27N5O2. The van der Waals surface area contributed by atoms with Crippen LogP contribution in [0.5, 0.6) is 0 Å². The van der Waals surface area contributed by atoms with Crippen LogP contribution >= 0.6 is 0 Å². The quantitative estimate of drug-likeness (QED) is 0.805. The first-order valence-corrected chi connectivity index (χ1v) is 9.85. The number of imide groups is 1. The Kier molecular flexibility index (Phi) is 4.40. The van der Waals surface area contributed by atoms with Crippen molar-refractivity contribution < 1.29 is 9.59 Å². The van der Waals surface area contributed by atoms with Crippen LogP contribution in [-0.4, -0.2) is 63.3 Å². The van der Waals surface area contributed by atoms with E-state index < -0.39 is 12.2 Å². The van der Waals surface area contributed by atoms with E-state index >= 15 is 0 Å². The fraction of sp³-hybridized carbons (Fsp3) is 0.476. The van der Waals surface area contributed by atoms with Crippen LogP contribution in [0, 0.1) is 0 Å². The Bertz CT molecular complexity index is 878. The molecule has 148 valence electrons. The van der Waals surface area contributed by atoms with Crippen molar-refractivity contribution in [1.29, 1.82) is 0 Å². The Labute approximate surface area is 165 Å². The monoisotopic (exact) mass is 381 g/mol. The van der Waals surface area contributed by atoms with Crippen molar-refractivity contribution in [3.63, 3.8) is 0 Å². The maximum absolute atomic E-state index is 13.2. The molecule has 0 saturated carbocycles. The molecule has 0 spiro atoms. The SMILES string of the molecule is CCCN1C(=O)C2C(N=C3N(C(C)c4ccccc4)C(C)=C(C)N32)N(C)C1=O. The maximum atomic E-state index is 13.2. The number of likely N-dealkylation sites (N-methyl/N-ethyl adjacent to an activating group) is 1. The van der Waals surface area contributed by atoms with Crippen molar-refractivity contribution in [3.05, 3.63) is 47.3 Å². The van der Waals surface area contributed by atoms with Gasteiger partial charge in [0, 0.05) is 25.0 Å². The second-order valence-electron chi connectivity index (χ2n) is 7.67. The Hall–Kier alpha value is -2.83. The zero-order valence-electron chi connectivity index (χ0n) is 17.1. The average molecular weight is 381 g/mol. The van der Waals surface area contributed by atoms with Crippen LogP contribution in [0.3, 0.4) is 0 Å². The molecule has 0 aromatic heterocycles. The van der Waals surface area contributed by atoms with Crippen LogP contribution in [0.15, 0.2) is 46.7 Å². The van der Waals surface area contributed by atoms with Crippen LogP contribution in [0.25, 0.3) is 0 Å². The molecule has 1 fully saturated rings. The fourth-order valence-electron chi connectivity index (χ4n) is 4.41. The summed E-state index contributed by atoms with van der Waals surface area (Å²) < 4.78 is 0. The molecule has 3 unspecified atom stereocenters. The lowest BCUT2D eigenvalue weighted by Gasteiger charge is -2.40. The highest BCUT2D eigenvalue weighted by Crippen LogP contribution is 2.41. The summed E-state index contributed by atoms with van der Waals surface area (Å²) in [6.07, 6.45) is 0.248.